The number of hydrogen-bond donors (Lipinski definition) is 2. The number of hydrogen-bond acceptors (Lipinski definition) is 2. The number of carboxylic acids is 2. The molecule has 0 bridgehead atoms. The molecule has 0 spiro atoms. The number of carbonyl (C=O) groups is 2. The summed E-state index contributed by atoms with van der Waals surface area (Å²) in [5, 5.41) is 16.4. The van der Waals surface area contributed by atoms with Gasteiger partial charge in [-0.25, -0.2) is 0 Å². The van der Waals surface area contributed by atoms with E-state index in [4.69, 9.17) is 10.2 Å². The maximum Gasteiger partial charge on any atom is 0.303 e. The van der Waals surface area contributed by atoms with Gasteiger partial charge in [-0.15, -0.1) is 0 Å². The van der Waals surface area contributed by atoms with Crippen LogP contribution in [0.4, 0.5) is 0 Å². The van der Waals surface area contributed by atoms with Gasteiger partial charge in [0.25, 0.3) is 0 Å². The minimum absolute atomic E-state index is 0. The zero-order valence-electron chi connectivity index (χ0n) is 6.55. The third-order valence-corrected chi connectivity index (χ3v) is 1.28. The van der Waals surface area contributed by atoms with E-state index < -0.39 is 11.9 Å². The standard InChI is InChI=1S/C7H12O4.Au/c8-6(9)4-2-1-3-5-7(10)11;/h1-5H2,(H,8,9)(H,10,11);. The van der Waals surface area contributed by atoms with Crippen LogP contribution in [0.25, 0.3) is 0 Å². The minimum Gasteiger partial charge on any atom is -0.481 e. The van der Waals surface area contributed by atoms with E-state index in [-0.39, 0.29) is 35.2 Å². The summed E-state index contributed by atoms with van der Waals surface area (Å²) in [7, 11) is 0. The summed E-state index contributed by atoms with van der Waals surface area (Å²) >= 11 is 0. The second kappa shape index (κ2) is 8.77. The third-order valence-electron chi connectivity index (χ3n) is 1.28. The molecule has 0 aromatic carbocycles. The van der Waals surface area contributed by atoms with Crippen molar-refractivity contribution in [1.29, 1.82) is 0 Å². The minimum atomic E-state index is -0.819. The fraction of sp³-hybridized carbons (Fsp3) is 0.714. The fourth-order valence-electron chi connectivity index (χ4n) is 0.729. The molecule has 0 fully saturated rings. The normalized spacial score (nSPS) is 8.67. The van der Waals surface area contributed by atoms with Crippen LogP contribution in [0, 0.1) is 0 Å². The average molecular weight is 357 g/mol. The van der Waals surface area contributed by atoms with E-state index in [0.29, 0.717) is 19.3 Å². The molecule has 4 nitrogen and oxygen atoms in total. The predicted molar refractivity (Wildman–Crippen MR) is 38.4 cm³/mol. The summed E-state index contributed by atoms with van der Waals surface area (Å²) in [4.78, 5) is 20.0. The maximum absolute atomic E-state index is 9.98. The first kappa shape index (κ1) is 14.2. The molecule has 0 aliphatic carbocycles. The summed E-state index contributed by atoms with van der Waals surface area (Å²) in [6.07, 6.45) is 2.10. The Balaban J connectivity index is 0. The molecule has 0 aromatic rings. The van der Waals surface area contributed by atoms with Crippen molar-refractivity contribution in [2.24, 2.45) is 0 Å². The zero-order chi connectivity index (χ0) is 8.69. The topological polar surface area (TPSA) is 74.6 Å². The van der Waals surface area contributed by atoms with E-state index in [1.807, 2.05) is 0 Å². The molecular weight excluding hydrogens is 345 g/mol. The van der Waals surface area contributed by atoms with E-state index in [1.165, 1.54) is 0 Å². The third kappa shape index (κ3) is 12.4. The van der Waals surface area contributed by atoms with Crippen molar-refractivity contribution < 1.29 is 42.2 Å². The molecule has 0 saturated carbocycles. The summed E-state index contributed by atoms with van der Waals surface area (Å²) in [5.74, 6) is -1.64. The molecule has 1 radical (unpaired) electrons. The molecule has 0 heterocycles. The van der Waals surface area contributed by atoms with Crippen LogP contribution in [0.15, 0.2) is 0 Å². The van der Waals surface area contributed by atoms with Crippen LogP contribution >= 0.6 is 0 Å². The van der Waals surface area contributed by atoms with Gasteiger partial charge in [-0.1, -0.05) is 6.42 Å². The Morgan fingerprint density at radius 3 is 1.42 bits per heavy atom. The first-order valence-corrected chi connectivity index (χ1v) is 3.56. The molecule has 0 atom stereocenters. The van der Waals surface area contributed by atoms with E-state index in [2.05, 4.69) is 0 Å². The molecule has 0 aromatic heterocycles. The molecule has 5 heteroatoms. The second-order valence-corrected chi connectivity index (χ2v) is 2.35. The SMILES string of the molecule is O=C(O)CCCCCC(=O)O.[Au]. The Hall–Kier alpha value is -0.320. The fourth-order valence-corrected chi connectivity index (χ4v) is 0.729. The predicted octanol–water partition coefficient (Wildman–Crippen LogP) is 1.10. The van der Waals surface area contributed by atoms with Crippen molar-refractivity contribution in [3.05, 3.63) is 0 Å². The summed E-state index contributed by atoms with van der Waals surface area (Å²) < 4.78 is 0. The zero-order valence-corrected chi connectivity index (χ0v) is 8.71. The summed E-state index contributed by atoms with van der Waals surface area (Å²) in [6.45, 7) is 0. The molecule has 0 rings (SSSR count). The van der Waals surface area contributed by atoms with Crippen LogP contribution in [0.2, 0.25) is 0 Å². The first-order valence-electron chi connectivity index (χ1n) is 3.56. The average Bonchev–Trinajstić information content (AvgIpc) is 1.85. The monoisotopic (exact) mass is 357 g/mol. The number of carboxylic acid groups (broad SMARTS) is 2. The quantitative estimate of drug-likeness (QED) is 0.552. The van der Waals surface area contributed by atoms with E-state index in [0.717, 1.165) is 0 Å². The molecule has 12 heavy (non-hydrogen) atoms. The first-order chi connectivity index (χ1) is 5.13. The van der Waals surface area contributed by atoms with Crippen LogP contribution in [0.3, 0.4) is 0 Å². The second-order valence-electron chi connectivity index (χ2n) is 2.35. The van der Waals surface area contributed by atoms with E-state index >= 15 is 0 Å². The van der Waals surface area contributed by atoms with Crippen molar-refractivity contribution in [1.82, 2.24) is 0 Å². The van der Waals surface area contributed by atoms with Crippen LogP contribution in [0.5, 0.6) is 0 Å². The molecule has 0 unspecified atom stereocenters. The van der Waals surface area contributed by atoms with Gasteiger partial charge in [-0.05, 0) is 12.8 Å². The molecule has 0 saturated heterocycles. The van der Waals surface area contributed by atoms with Crippen LogP contribution < -0.4 is 0 Å². The van der Waals surface area contributed by atoms with Gasteiger partial charge < -0.3 is 10.2 Å². The van der Waals surface area contributed by atoms with Crippen molar-refractivity contribution in [2.75, 3.05) is 0 Å². The smallest absolute Gasteiger partial charge is 0.303 e. The Morgan fingerprint density at radius 1 is 0.833 bits per heavy atom. The number of aliphatic carboxylic acids is 2. The maximum atomic E-state index is 9.98. The molecule has 2 N–H and O–H groups in total. The molecule has 0 aliphatic heterocycles. The van der Waals surface area contributed by atoms with Gasteiger partial charge >= 0.3 is 11.9 Å². The largest absolute Gasteiger partial charge is 0.481 e. The molecular formula is C7H12AuO4. The van der Waals surface area contributed by atoms with Gasteiger partial charge in [0.15, 0.2) is 0 Å². The van der Waals surface area contributed by atoms with Crippen LogP contribution in [0.1, 0.15) is 32.1 Å². The summed E-state index contributed by atoms with van der Waals surface area (Å²) in [6, 6.07) is 0. The van der Waals surface area contributed by atoms with Gasteiger partial charge in [-0.2, -0.15) is 0 Å². The van der Waals surface area contributed by atoms with Crippen LogP contribution in [-0.4, -0.2) is 22.2 Å². The Kier molecular flexibility index (Phi) is 10.4. The van der Waals surface area contributed by atoms with Gasteiger partial charge in [0.1, 0.15) is 0 Å². The summed E-state index contributed by atoms with van der Waals surface area (Å²) in [5.41, 5.74) is 0. The van der Waals surface area contributed by atoms with E-state index in [1.54, 1.807) is 0 Å². The van der Waals surface area contributed by atoms with E-state index in [9.17, 15) is 9.59 Å². The van der Waals surface area contributed by atoms with Crippen molar-refractivity contribution >= 4 is 11.9 Å². The molecule has 0 amide bonds. The van der Waals surface area contributed by atoms with Crippen molar-refractivity contribution in [3.8, 4) is 0 Å². The van der Waals surface area contributed by atoms with Gasteiger partial charge in [0.2, 0.25) is 0 Å². The number of unbranched alkanes of at least 4 members (excludes halogenated alkanes) is 2. The number of rotatable bonds is 6. The van der Waals surface area contributed by atoms with Crippen molar-refractivity contribution in [3.63, 3.8) is 0 Å². The Morgan fingerprint density at radius 2 is 1.17 bits per heavy atom. The Bertz CT molecular complexity index is 130. The van der Waals surface area contributed by atoms with Gasteiger partial charge in [-0.3, -0.25) is 9.59 Å². The molecule has 0 aliphatic rings. The van der Waals surface area contributed by atoms with Crippen LogP contribution in [-0.2, 0) is 32.0 Å². The Labute approximate surface area is 86.5 Å². The van der Waals surface area contributed by atoms with Crippen molar-refractivity contribution in [2.45, 2.75) is 32.1 Å². The molecule has 75 valence electrons. The van der Waals surface area contributed by atoms with Gasteiger partial charge in [0.05, 0.1) is 0 Å². The van der Waals surface area contributed by atoms with Gasteiger partial charge in [0, 0.05) is 35.2 Å².